The van der Waals surface area contributed by atoms with Crippen LogP contribution in [-0.4, -0.2) is 36.8 Å². The van der Waals surface area contributed by atoms with Gasteiger partial charge in [-0.2, -0.15) is 0 Å². The molecule has 0 spiro atoms. The smallest absolute Gasteiger partial charge is 0.353 e. The van der Waals surface area contributed by atoms with Gasteiger partial charge in [0.1, 0.15) is 0 Å². The molecule has 1 aliphatic rings. The highest BCUT2D eigenvalue weighted by Gasteiger charge is 2.47. The Hall–Kier alpha value is -3.15. The highest BCUT2D eigenvalue weighted by Crippen LogP contribution is 2.29. The topological polar surface area (TPSA) is 77.0 Å². The first-order chi connectivity index (χ1) is 12.6. The van der Waals surface area contributed by atoms with Gasteiger partial charge in [0.05, 0.1) is 19.4 Å². The van der Waals surface area contributed by atoms with E-state index in [0.717, 1.165) is 5.56 Å². The molecule has 2 aromatic carbocycles. The molecular weight excluding hydrogens is 332 g/mol. The summed E-state index contributed by atoms with van der Waals surface area (Å²) in [6.45, 7) is 0.210. The summed E-state index contributed by atoms with van der Waals surface area (Å²) in [7, 11) is 1.33. The number of benzene rings is 2. The average Bonchev–Trinajstić information content (AvgIpc) is 3.11. The third-order valence-electron chi connectivity index (χ3n) is 4.22. The molecule has 6 heteroatoms. The Bertz CT molecular complexity index is 805. The van der Waals surface area contributed by atoms with Crippen LogP contribution < -0.4 is 5.32 Å². The van der Waals surface area contributed by atoms with Crippen molar-refractivity contribution in [3.63, 3.8) is 0 Å². The Balaban J connectivity index is 1.65. The third kappa shape index (κ3) is 3.91. The normalized spacial score (nSPS) is 18.6. The van der Waals surface area contributed by atoms with E-state index >= 15 is 0 Å². The molecule has 1 atom stereocenters. The van der Waals surface area contributed by atoms with Gasteiger partial charge in [-0.05, 0) is 17.7 Å². The van der Waals surface area contributed by atoms with Crippen molar-refractivity contribution in [2.45, 2.75) is 18.4 Å². The quantitative estimate of drug-likeness (QED) is 0.810. The fourth-order valence-electron chi connectivity index (χ4n) is 2.90. The molecule has 6 nitrogen and oxygen atoms in total. The Labute approximate surface area is 151 Å². The lowest BCUT2D eigenvalue weighted by Crippen LogP contribution is -2.43. The zero-order valence-electron chi connectivity index (χ0n) is 14.5. The number of nitrogens with one attached hydrogen (secondary N) is 1. The summed E-state index contributed by atoms with van der Waals surface area (Å²) in [5.74, 6) is -0.679. The van der Waals surface area contributed by atoms with Crippen LogP contribution in [0.25, 0.3) is 0 Å². The molecule has 1 heterocycles. The lowest BCUT2D eigenvalue weighted by atomic mass is 9.89. The van der Waals surface area contributed by atoms with Crippen LogP contribution in [0.2, 0.25) is 0 Å². The molecule has 0 radical (unpaired) electrons. The molecule has 3 rings (SSSR count). The van der Waals surface area contributed by atoms with E-state index in [1.165, 1.54) is 7.11 Å². The van der Waals surface area contributed by atoms with Gasteiger partial charge in [-0.1, -0.05) is 53.7 Å². The van der Waals surface area contributed by atoms with Crippen molar-refractivity contribution in [2.24, 2.45) is 5.16 Å². The first kappa shape index (κ1) is 17.7. The third-order valence-corrected chi connectivity index (χ3v) is 4.22. The van der Waals surface area contributed by atoms with Crippen LogP contribution in [0.5, 0.6) is 0 Å². The van der Waals surface area contributed by atoms with E-state index in [9.17, 15) is 9.59 Å². The fraction of sp³-hybridized carbons (Fsp3) is 0.250. The van der Waals surface area contributed by atoms with Crippen molar-refractivity contribution in [3.8, 4) is 0 Å². The van der Waals surface area contributed by atoms with Gasteiger partial charge in [0.2, 0.25) is 5.60 Å². The number of oxime groups is 1. The lowest BCUT2D eigenvalue weighted by Gasteiger charge is -2.23. The maximum atomic E-state index is 12.3. The van der Waals surface area contributed by atoms with E-state index in [4.69, 9.17) is 9.57 Å². The average molecular weight is 352 g/mol. The number of carbonyl (C=O) groups is 2. The number of hydrogen-bond donors (Lipinski definition) is 1. The molecule has 0 fully saturated rings. The Morgan fingerprint density at radius 3 is 2.42 bits per heavy atom. The molecule has 1 N–H and O–H groups in total. The highest BCUT2D eigenvalue weighted by molar-refractivity contribution is 6.00. The summed E-state index contributed by atoms with van der Waals surface area (Å²) in [6.07, 6.45) is 0.615. The van der Waals surface area contributed by atoms with Crippen molar-refractivity contribution < 1.29 is 19.2 Å². The SMILES string of the molecule is COC(=O)C1(Cc2ccccc2)CC(CNC(=O)c2ccccc2)=NO1. The van der Waals surface area contributed by atoms with Gasteiger partial charge in [0.25, 0.3) is 5.91 Å². The second-order valence-corrected chi connectivity index (χ2v) is 6.12. The summed E-state index contributed by atoms with van der Waals surface area (Å²) >= 11 is 0. The number of ether oxygens (including phenoxy) is 1. The molecule has 0 aliphatic carbocycles. The number of amides is 1. The van der Waals surface area contributed by atoms with Crippen LogP contribution in [0.4, 0.5) is 0 Å². The van der Waals surface area contributed by atoms with E-state index in [-0.39, 0.29) is 18.9 Å². The van der Waals surface area contributed by atoms with Crippen molar-refractivity contribution in [3.05, 3.63) is 71.8 Å². The number of methoxy groups -OCH3 is 1. The summed E-state index contributed by atoms with van der Waals surface area (Å²) in [5, 5.41) is 6.82. The molecular formula is C20H20N2O4. The maximum Gasteiger partial charge on any atom is 0.353 e. The summed E-state index contributed by atoms with van der Waals surface area (Å²) in [5.41, 5.74) is 0.914. The van der Waals surface area contributed by atoms with E-state index in [1.54, 1.807) is 24.3 Å². The van der Waals surface area contributed by atoms with Gasteiger partial charge in [-0.25, -0.2) is 4.79 Å². The van der Waals surface area contributed by atoms with Crippen molar-refractivity contribution in [1.82, 2.24) is 5.32 Å². The molecule has 26 heavy (non-hydrogen) atoms. The van der Waals surface area contributed by atoms with Crippen molar-refractivity contribution in [2.75, 3.05) is 13.7 Å². The molecule has 1 amide bonds. The Morgan fingerprint density at radius 1 is 1.12 bits per heavy atom. The highest BCUT2D eigenvalue weighted by atomic mass is 16.7. The van der Waals surface area contributed by atoms with E-state index in [1.807, 2.05) is 36.4 Å². The van der Waals surface area contributed by atoms with Crippen LogP contribution in [0, 0.1) is 0 Å². The minimum absolute atomic E-state index is 0.202. The van der Waals surface area contributed by atoms with E-state index in [0.29, 0.717) is 17.7 Å². The molecule has 1 unspecified atom stereocenters. The predicted molar refractivity (Wildman–Crippen MR) is 96.8 cm³/mol. The number of nitrogens with zero attached hydrogens (tertiary/aromatic N) is 1. The first-order valence-corrected chi connectivity index (χ1v) is 8.32. The molecule has 2 aromatic rings. The zero-order valence-corrected chi connectivity index (χ0v) is 14.5. The molecule has 0 saturated carbocycles. The molecule has 0 saturated heterocycles. The maximum absolute atomic E-state index is 12.3. The van der Waals surface area contributed by atoms with Gasteiger partial charge in [-0.15, -0.1) is 0 Å². The van der Waals surface area contributed by atoms with Crippen molar-refractivity contribution in [1.29, 1.82) is 0 Å². The van der Waals surface area contributed by atoms with Gasteiger partial charge in [-0.3, -0.25) is 4.79 Å². The Morgan fingerprint density at radius 2 is 1.77 bits per heavy atom. The van der Waals surface area contributed by atoms with E-state index < -0.39 is 11.6 Å². The van der Waals surface area contributed by atoms with Gasteiger partial charge in [0.15, 0.2) is 0 Å². The fourth-order valence-corrected chi connectivity index (χ4v) is 2.90. The zero-order chi connectivity index (χ0) is 18.4. The van der Waals surface area contributed by atoms with Crippen LogP contribution in [0.15, 0.2) is 65.8 Å². The standard InChI is InChI=1S/C20H20N2O4/c1-25-19(24)20(12-15-8-4-2-5-9-15)13-17(22-26-20)14-21-18(23)16-10-6-3-7-11-16/h2-11H,12-14H2,1H3,(H,21,23). The van der Waals surface area contributed by atoms with Crippen molar-refractivity contribution >= 4 is 17.6 Å². The monoisotopic (exact) mass is 352 g/mol. The van der Waals surface area contributed by atoms with Crippen LogP contribution in [-0.2, 0) is 20.8 Å². The minimum Gasteiger partial charge on any atom is -0.466 e. The van der Waals surface area contributed by atoms with Crippen LogP contribution in [0.3, 0.4) is 0 Å². The molecule has 0 bridgehead atoms. The second-order valence-electron chi connectivity index (χ2n) is 6.12. The molecule has 1 aliphatic heterocycles. The summed E-state index contributed by atoms with van der Waals surface area (Å²) < 4.78 is 4.93. The summed E-state index contributed by atoms with van der Waals surface area (Å²) in [6, 6.07) is 18.5. The molecule has 134 valence electrons. The predicted octanol–water partition coefficient (Wildman–Crippen LogP) is 2.35. The van der Waals surface area contributed by atoms with Crippen LogP contribution >= 0.6 is 0 Å². The Kier molecular flexibility index (Phi) is 5.31. The minimum atomic E-state index is -1.19. The number of rotatable bonds is 6. The van der Waals surface area contributed by atoms with Gasteiger partial charge >= 0.3 is 5.97 Å². The number of esters is 1. The van der Waals surface area contributed by atoms with Gasteiger partial charge < -0.3 is 14.9 Å². The number of carbonyl (C=O) groups excluding carboxylic acids is 2. The second kappa shape index (κ2) is 7.82. The van der Waals surface area contributed by atoms with Gasteiger partial charge in [0, 0.05) is 18.4 Å². The lowest BCUT2D eigenvalue weighted by molar-refractivity contribution is -0.166. The summed E-state index contributed by atoms with van der Waals surface area (Å²) in [4.78, 5) is 30.0. The van der Waals surface area contributed by atoms with Crippen LogP contribution in [0.1, 0.15) is 22.3 Å². The number of hydrogen-bond acceptors (Lipinski definition) is 5. The first-order valence-electron chi connectivity index (χ1n) is 8.32. The largest absolute Gasteiger partial charge is 0.466 e. The van der Waals surface area contributed by atoms with E-state index in [2.05, 4.69) is 10.5 Å². The molecule has 0 aromatic heterocycles.